The topological polar surface area (TPSA) is 27.7 Å². The maximum Gasteiger partial charge on any atom is 0.119 e. The van der Waals surface area contributed by atoms with Crippen molar-refractivity contribution in [1.29, 1.82) is 0 Å². The monoisotopic (exact) mass is 276 g/mol. The molecule has 2 aliphatic heterocycles. The zero-order chi connectivity index (χ0) is 14.0. The molecule has 0 bridgehead atoms. The number of hydrogen-bond donors (Lipinski definition) is 0. The molecule has 110 valence electrons. The summed E-state index contributed by atoms with van der Waals surface area (Å²) in [5.74, 6) is 1.53. The van der Waals surface area contributed by atoms with Crippen LogP contribution >= 0.6 is 0 Å². The largest absolute Gasteiger partial charge is 0.490 e. The van der Waals surface area contributed by atoms with E-state index >= 15 is 0 Å². The SMILES string of the molecule is CC(C)c1ccc(OC2CCOC3(CCOC3)C2)cc1. The third-order valence-corrected chi connectivity index (χ3v) is 4.36. The highest BCUT2D eigenvalue weighted by atomic mass is 16.6. The Morgan fingerprint density at radius 3 is 2.65 bits per heavy atom. The van der Waals surface area contributed by atoms with E-state index < -0.39 is 0 Å². The van der Waals surface area contributed by atoms with Crippen molar-refractivity contribution in [3.63, 3.8) is 0 Å². The Labute approximate surface area is 121 Å². The van der Waals surface area contributed by atoms with Crippen LogP contribution in [0.4, 0.5) is 0 Å². The van der Waals surface area contributed by atoms with E-state index in [0.717, 1.165) is 44.8 Å². The number of rotatable bonds is 3. The molecule has 3 heteroatoms. The maximum atomic E-state index is 6.14. The lowest BCUT2D eigenvalue weighted by atomic mass is 9.91. The Bertz CT molecular complexity index is 432. The van der Waals surface area contributed by atoms with Gasteiger partial charge in [-0.1, -0.05) is 26.0 Å². The van der Waals surface area contributed by atoms with Crippen molar-refractivity contribution in [2.45, 2.75) is 50.7 Å². The summed E-state index contributed by atoms with van der Waals surface area (Å²) < 4.78 is 17.6. The van der Waals surface area contributed by atoms with Crippen LogP contribution in [0.3, 0.4) is 0 Å². The second-order valence-corrected chi connectivity index (χ2v) is 6.29. The van der Waals surface area contributed by atoms with E-state index in [0.29, 0.717) is 5.92 Å². The fourth-order valence-corrected chi connectivity index (χ4v) is 3.07. The van der Waals surface area contributed by atoms with Crippen LogP contribution in [-0.2, 0) is 9.47 Å². The minimum atomic E-state index is -0.0825. The summed E-state index contributed by atoms with van der Waals surface area (Å²) in [5.41, 5.74) is 1.27. The Morgan fingerprint density at radius 1 is 1.20 bits per heavy atom. The molecule has 0 amide bonds. The lowest BCUT2D eigenvalue weighted by molar-refractivity contribution is -0.112. The van der Waals surface area contributed by atoms with Crippen molar-refractivity contribution >= 4 is 0 Å². The van der Waals surface area contributed by atoms with Crippen LogP contribution in [0.25, 0.3) is 0 Å². The van der Waals surface area contributed by atoms with Crippen LogP contribution in [0.15, 0.2) is 24.3 Å². The van der Waals surface area contributed by atoms with Crippen LogP contribution in [0.5, 0.6) is 5.75 Å². The molecule has 0 aliphatic carbocycles. The van der Waals surface area contributed by atoms with Crippen LogP contribution < -0.4 is 4.74 Å². The van der Waals surface area contributed by atoms with Gasteiger partial charge in [0.05, 0.1) is 18.8 Å². The summed E-state index contributed by atoms with van der Waals surface area (Å²) in [6.07, 6.45) is 3.15. The summed E-state index contributed by atoms with van der Waals surface area (Å²) in [5, 5.41) is 0. The first-order valence-corrected chi connectivity index (χ1v) is 7.65. The fourth-order valence-electron chi connectivity index (χ4n) is 3.07. The van der Waals surface area contributed by atoms with Gasteiger partial charge in [-0.15, -0.1) is 0 Å². The number of benzene rings is 1. The highest BCUT2D eigenvalue weighted by Crippen LogP contribution is 2.34. The second kappa shape index (κ2) is 5.74. The molecule has 2 heterocycles. The molecular weight excluding hydrogens is 252 g/mol. The predicted molar refractivity (Wildman–Crippen MR) is 78.3 cm³/mol. The van der Waals surface area contributed by atoms with Gasteiger partial charge >= 0.3 is 0 Å². The molecule has 0 N–H and O–H groups in total. The van der Waals surface area contributed by atoms with E-state index in [9.17, 15) is 0 Å². The molecule has 2 fully saturated rings. The molecule has 1 aromatic carbocycles. The lowest BCUT2D eigenvalue weighted by Crippen LogP contribution is -2.44. The summed E-state index contributed by atoms with van der Waals surface area (Å²) in [6.45, 7) is 6.73. The van der Waals surface area contributed by atoms with E-state index in [1.807, 2.05) is 0 Å². The Morgan fingerprint density at radius 2 is 2.00 bits per heavy atom. The van der Waals surface area contributed by atoms with Crippen molar-refractivity contribution in [2.75, 3.05) is 19.8 Å². The smallest absolute Gasteiger partial charge is 0.119 e. The summed E-state index contributed by atoms with van der Waals surface area (Å²) in [7, 11) is 0. The summed E-state index contributed by atoms with van der Waals surface area (Å²) in [6, 6.07) is 8.49. The van der Waals surface area contributed by atoms with Gasteiger partial charge in [-0.2, -0.15) is 0 Å². The zero-order valence-corrected chi connectivity index (χ0v) is 12.4. The molecule has 20 heavy (non-hydrogen) atoms. The van der Waals surface area contributed by atoms with Gasteiger partial charge in [-0.3, -0.25) is 0 Å². The Balaban J connectivity index is 1.62. The van der Waals surface area contributed by atoms with E-state index in [-0.39, 0.29) is 11.7 Å². The summed E-state index contributed by atoms with van der Waals surface area (Å²) >= 11 is 0. The minimum absolute atomic E-state index is 0.0825. The highest BCUT2D eigenvalue weighted by molar-refractivity contribution is 5.29. The van der Waals surface area contributed by atoms with Gasteiger partial charge < -0.3 is 14.2 Å². The Kier molecular flexibility index (Phi) is 3.99. The van der Waals surface area contributed by atoms with E-state index in [1.165, 1.54) is 5.56 Å². The first-order valence-electron chi connectivity index (χ1n) is 7.65. The van der Waals surface area contributed by atoms with Gasteiger partial charge in [0, 0.05) is 25.9 Å². The van der Waals surface area contributed by atoms with Gasteiger partial charge in [0.25, 0.3) is 0 Å². The zero-order valence-electron chi connectivity index (χ0n) is 12.4. The highest BCUT2D eigenvalue weighted by Gasteiger charge is 2.41. The molecule has 1 spiro atoms. The van der Waals surface area contributed by atoms with Gasteiger partial charge in [0.2, 0.25) is 0 Å². The average molecular weight is 276 g/mol. The van der Waals surface area contributed by atoms with Crippen LogP contribution in [0, 0.1) is 0 Å². The van der Waals surface area contributed by atoms with Crippen molar-refractivity contribution < 1.29 is 14.2 Å². The molecule has 0 aromatic heterocycles. The molecule has 2 saturated heterocycles. The van der Waals surface area contributed by atoms with Crippen molar-refractivity contribution in [2.24, 2.45) is 0 Å². The van der Waals surface area contributed by atoms with E-state index in [1.54, 1.807) is 0 Å². The molecule has 0 radical (unpaired) electrons. The third kappa shape index (κ3) is 2.99. The van der Waals surface area contributed by atoms with Crippen molar-refractivity contribution in [3.8, 4) is 5.75 Å². The van der Waals surface area contributed by atoms with Crippen molar-refractivity contribution in [1.82, 2.24) is 0 Å². The third-order valence-electron chi connectivity index (χ3n) is 4.36. The van der Waals surface area contributed by atoms with E-state index in [2.05, 4.69) is 38.1 Å². The lowest BCUT2D eigenvalue weighted by Gasteiger charge is -2.37. The van der Waals surface area contributed by atoms with Gasteiger partial charge in [0.15, 0.2) is 0 Å². The normalized spacial score (nSPS) is 30.1. The second-order valence-electron chi connectivity index (χ2n) is 6.29. The van der Waals surface area contributed by atoms with Crippen molar-refractivity contribution in [3.05, 3.63) is 29.8 Å². The van der Waals surface area contributed by atoms with Crippen LogP contribution in [0.1, 0.15) is 44.6 Å². The van der Waals surface area contributed by atoms with Gasteiger partial charge in [0.1, 0.15) is 11.9 Å². The molecule has 2 aliphatic rings. The quantitative estimate of drug-likeness (QED) is 0.845. The standard InChI is InChI=1S/C17H24O3/c1-13(2)14-3-5-15(6-4-14)20-16-7-9-19-17(11-16)8-10-18-12-17/h3-6,13,16H,7-12H2,1-2H3. The molecule has 2 unspecified atom stereocenters. The number of ether oxygens (including phenoxy) is 3. The molecule has 2 atom stereocenters. The minimum Gasteiger partial charge on any atom is -0.490 e. The molecule has 0 saturated carbocycles. The predicted octanol–water partition coefficient (Wildman–Crippen LogP) is 3.53. The van der Waals surface area contributed by atoms with Crippen LogP contribution in [0.2, 0.25) is 0 Å². The van der Waals surface area contributed by atoms with E-state index in [4.69, 9.17) is 14.2 Å². The molecular formula is C17H24O3. The molecule has 3 rings (SSSR count). The van der Waals surface area contributed by atoms with Gasteiger partial charge in [-0.25, -0.2) is 0 Å². The van der Waals surface area contributed by atoms with Crippen LogP contribution in [-0.4, -0.2) is 31.5 Å². The first kappa shape index (κ1) is 13.9. The molecule has 3 nitrogen and oxygen atoms in total. The van der Waals surface area contributed by atoms with Gasteiger partial charge in [-0.05, 0) is 23.6 Å². The first-order chi connectivity index (χ1) is 9.67. The summed E-state index contributed by atoms with van der Waals surface area (Å²) in [4.78, 5) is 0. The molecule has 1 aromatic rings. The Hall–Kier alpha value is -1.06. The maximum absolute atomic E-state index is 6.14. The number of hydrogen-bond acceptors (Lipinski definition) is 3. The average Bonchev–Trinajstić information content (AvgIpc) is 2.87. The fraction of sp³-hybridized carbons (Fsp3) is 0.647.